The Balaban J connectivity index is 1.89. The SMILES string of the molecule is CC(NCCc1cccnc1)c1ccc(Br)cc1Br. The van der Waals surface area contributed by atoms with Gasteiger partial charge in [-0.3, -0.25) is 4.98 Å². The molecule has 19 heavy (non-hydrogen) atoms. The van der Waals surface area contributed by atoms with Crippen molar-refractivity contribution >= 4 is 31.9 Å². The van der Waals surface area contributed by atoms with Crippen LogP contribution in [0.15, 0.2) is 51.7 Å². The molecule has 0 bridgehead atoms. The number of pyridine rings is 1. The molecule has 1 atom stereocenters. The second-order valence-corrected chi connectivity index (χ2v) is 6.22. The number of hydrogen-bond donors (Lipinski definition) is 1. The lowest BCUT2D eigenvalue weighted by atomic mass is 10.1. The molecule has 4 heteroatoms. The molecule has 0 fully saturated rings. The maximum Gasteiger partial charge on any atom is 0.0303 e. The summed E-state index contributed by atoms with van der Waals surface area (Å²) in [6.45, 7) is 3.12. The Morgan fingerprint density at radius 2 is 2.11 bits per heavy atom. The van der Waals surface area contributed by atoms with Crippen molar-refractivity contribution < 1.29 is 0 Å². The summed E-state index contributed by atoms with van der Waals surface area (Å²) in [7, 11) is 0. The summed E-state index contributed by atoms with van der Waals surface area (Å²) in [5, 5.41) is 3.53. The first-order valence-electron chi connectivity index (χ1n) is 6.24. The van der Waals surface area contributed by atoms with Crippen LogP contribution in [0.3, 0.4) is 0 Å². The number of halogens is 2. The van der Waals surface area contributed by atoms with Gasteiger partial charge in [0.2, 0.25) is 0 Å². The first-order valence-corrected chi connectivity index (χ1v) is 7.82. The van der Waals surface area contributed by atoms with E-state index in [2.05, 4.69) is 73.3 Å². The van der Waals surface area contributed by atoms with Crippen LogP contribution in [-0.4, -0.2) is 11.5 Å². The molecule has 1 aromatic carbocycles. The standard InChI is InChI=1S/C15H16Br2N2/c1-11(14-5-4-13(16)9-15(14)17)19-8-6-12-3-2-7-18-10-12/h2-5,7,9-11,19H,6,8H2,1H3. The van der Waals surface area contributed by atoms with Crippen molar-refractivity contribution in [1.82, 2.24) is 10.3 Å². The topological polar surface area (TPSA) is 24.9 Å². The molecular formula is C15H16Br2N2. The Hall–Kier alpha value is -0.710. The lowest BCUT2D eigenvalue weighted by molar-refractivity contribution is 0.574. The highest BCUT2D eigenvalue weighted by molar-refractivity contribution is 9.11. The maximum absolute atomic E-state index is 4.12. The molecule has 1 unspecified atom stereocenters. The molecule has 0 aliphatic heterocycles. The van der Waals surface area contributed by atoms with Crippen molar-refractivity contribution in [2.75, 3.05) is 6.54 Å². The highest BCUT2D eigenvalue weighted by Crippen LogP contribution is 2.26. The number of nitrogens with one attached hydrogen (secondary N) is 1. The van der Waals surface area contributed by atoms with Gasteiger partial charge in [-0.2, -0.15) is 0 Å². The van der Waals surface area contributed by atoms with Gasteiger partial charge in [0.1, 0.15) is 0 Å². The van der Waals surface area contributed by atoms with Gasteiger partial charge >= 0.3 is 0 Å². The minimum Gasteiger partial charge on any atom is -0.310 e. The third kappa shape index (κ3) is 4.41. The summed E-state index contributed by atoms with van der Waals surface area (Å²) in [4.78, 5) is 4.12. The van der Waals surface area contributed by atoms with Crippen LogP contribution in [0, 0.1) is 0 Å². The molecule has 0 spiro atoms. The molecule has 1 heterocycles. The number of aromatic nitrogens is 1. The van der Waals surface area contributed by atoms with E-state index in [0.717, 1.165) is 21.9 Å². The zero-order chi connectivity index (χ0) is 13.7. The zero-order valence-electron chi connectivity index (χ0n) is 10.7. The van der Waals surface area contributed by atoms with Crippen LogP contribution in [0.1, 0.15) is 24.1 Å². The minimum atomic E-state index is 0.319. The molecule has 2 nitrogen and oxygen atoms in total. The van der Waals surface area contributed by atoms with Crippen molar-refractivity contribution in [1.29, 1.82) is 0 Å². The van der Waals surface area contributed by atoms with Gasteiger partial charge in [0.05, 0.1) is 0 Å². The Morgan fingerprint density at radius 1 is 1.26 bits per heavy atom. The van der Waals surface area contributed by atoms with E-state index in [-0.39, 0.29) is 0 Å². The molecule has 0 aliphatic carbocycles. The van der Waals surface area contributed by atoms with Crippen molar-refractivity contribution in [3.63, 3.8) is 0 Å². The summed E-state index contributed by atoms with van der Waals surface area (Å²) in [6, 6.07) is 10.7. The van der Waals surface area contributed by atoms with Crippen LogP contribution < -0.4 is 5.32 Å². The fourth-order valence-corrected chi connectivity index (χ4v) is 3.33. The summed E-state index contributed by atoms with van der Waals surface area (Å²) in [5.41, 5.74) is 2.53. The number of hydrogen-bond acceptors (Lipinski definition) is 2. The van der Waals surface area contributed by atoms with Crippen LogP contribution in [0.4, 0.5) is 0 Å². The van der Waals surface area contributed by atoms with Crippen molar-refractivity contribution in [2.45, 2.75) is 19.4 Å². The number of benzene rings is 1. The van der Waals surface area contributed by atoms with Gasteiger partial charge in [-0.05, 0) is 49.2 Å². The molecule has 1 aromatic heterocycles. The molecule has 0 saturated heterocycles. The lowest BCUT2D eigenvalue weighted by Crippen LogP contribution is -2.21. The molecule has 0 saturated carbocycles. The van der Waals surface area contributed by atoms with E-state index in [1.807, 2.05) is 12.3 Å². The normalized spacial score (nSPS) is 12.4. The summed E-state index contributed by atoms with van der Waals surface area (Å²) in [6.07, 6.45) is 4.71. The third-order valence-corrected chi connectivity index (χ3v) is 4.20. The van der Waals surface area contributed by atoms with Crippen LogP contribution in [-0.2, 0) is 6.42 Å². The zero-order valence-corrected chi connectivity index (χ0v) is 13.9. The van der Waals surface area contributed by atoms with Gasteiger partial charge in [-0.25, -0.2) is 0 Å². The second kappa shape index (κ2) is 7.17. The molecule has 0 aliphatic rings. The minimum absolute atomic E-state index is 0.319. The Kier molecular flexibility index (Phi) is 5.55. The van der Waals surface area contributed by atoms with Gasteiger partial charge in [-0.1, -0.05) is 44.0 Å². The number of nitrogens with zero attached hydrogens (tertiary/aromatic N) is 1. The smallest absolute Gasteiger partial charge is 0.0303 e. The fraction of sp³-hybridized carbons (Fsp3) is 0.267. The highest BCUT2D eigenvalue weighted by Gasteiger charge is 2.08. The Morgan fingerprint density at radius 3 is 2.79 bits per heavy atom. The highest BCUT2D eigenvalue weighted by atomic mass is 79.9. The molecule has 0 amide bonds. The van der Waals surface area contributed by atoms with E-state index in [9.17, 15) is 0 Å². The van der Waals surface area contributed by atoms with Gasteiger partial charge in [0.25, 0.3) is 0 Å². The van der Waals surface area contributed by atoms with E-state index in [0.29, 0.717) is 6.04 Å². The van der Waals surface area contributed by atoms with E-state index in [4.69, 9.17) is 0 Å². The van der Waals surface area contributed by atoms with E-state index in [1.165, 1.54) is 11.1 Å². The molecule has 2 aromatic rings. The van der Waals surface area contributed by atoms with Crippen molar-refractivity contribution in [3.05, 3.63) is 62.8 Å². The van der Waals surface area contributed by atoms with Gasteiger partial charge < -0.3 is 5.32 Å². The largest absolute Gasteiger partial charge is 0.310 e. The van der Waals surface area contributed by atoms with Crippen molar-refractivity contribution in [2.24, 2.45) is 0 Å². The van der Waals surface area contributed by atoms with Crippen LogP contribution >= 0.6 is 31.9 Å². The maximum atomic E-state index is 4.12. The van der Waals surface area contributed by atoms with Gasteiger partial charge in [0.15, 0.2) is 0 Å². The fourth-order valence-electron chi connectivity index (χ4n) is 1.94. The second-order valence-electron chi connectivity index (χ2n) is 4.45. The van der Waals surface area contributed by atoms with E-state index < -0.39 is 0 Å². The molecular weight excluding hydrogens is 368 g/mol. The summed E-state index contributed by atoms with van der Waals surface area (Å²) in [5.74, 6) is 0. The molecule has 0 radical (unpaired) electrons. The summed E-state index contributed by atoms with van der Waals surface area (Å²) < 4.78 is 2.22. The molecule has 2 rings (SSSR count). The lowest BCUT2D eigenvalue weighted by Gasteiger charge is -2.16. The summed E-state index contributed by atoms with van der Waals surface area (Å²) >= 11 is 7.08. The first kappa shape index (κ1) is 14.7. The van der Waals surface area contributed by atoms with E-state index >= 15 is 0 Å². The predicted octanol–water partition coefficient (Wildman–Crippen LogP) is 4.50. The number of rotatable bonds is 5. The van der Waals surface area contributed by atoms with Gasteiger partial charge in [0, 0.05) is 27.4 Å². The van der Waals surface area contributed by atoms with Gasteiger partial charge in [-0.15, -0.1) is 0 Å². The third-order valence-electron chi connectivity index (χ3n) is 3.02. The van der Waals surface area contributed by atoms with Crippen LogP contribution in [0.5, 0.6) is 0 Å². The van der Waals surface area contributed by atoms with Crippen LogP contribution in [0.2, 0.25) is 0 Å². The predicted molar refractivity (Wildman–Crippen MR) is 86.2 cm³/mol. The first-order chi connectivity index (χ1) is 9.16. The quantitative estimate of drug-likeness (QED) is 0.822. The monoisotopic (exact) mass is 382 g/mol. The van der Waals surface area contributed by atoms with E-state index in [1.54, 1.807) is 6.20 Å². The molecule has 1 N–H and O–H groups in total. The van der Waals surface area contributed by atoms with Crippen molar-refractivity contribution in [3.8, 4) is 0 Å². The average molecular weight is 384 g/mol. The van der Waals surface area contributed by atoms with Crippen LogP contribution in [0.25, 0.3) is 0 Å². The molecule has 100 valence electrons. The average Bonchev–Trinajstić information content (AvgIpc) is 2.39. The Labute approximate surface area is 130 Å². The Bertz CT molecular complexity index is 529.